The van der Waals surface area contributed by atoms with Crippen LogP contribution in [0.15, 0.2) is 18.2 Å². The molecule has 0 amide bonds. The molecule has 116 valence electrons. The lowest BCUT2D eigenvalue weighted by Gasteiger charge is -2.26. The van der Waals surface area contributed by atoms with Crippen molar-refractivity contribution in [2.24, 2.45) is 5.41 Å². The van der Waals surface area contributed by atoms with E-state index in [9.17, 15) is 4.39 Å². The molecular formula is C16H22ClFN2O. The number of nitrogens with zero attached hydrogens (tertiary/aromatic N) is 2. The number of imidazole rings is 1. The number of fused-ring (bicyclic) bond motifs is 1. The topological polar surface area (TPSA) is 27.1 Å². The number of benzene rings is 1. The monoisotopic (exact) mass is 312 g/mol. The third-order valence-electron chi connectivity index (χ3n) is 3.66. The van der Waals surface area contributed by atoms with E-state index in [0.29, 0.717) is 6.61 Å². The first kappa shape index (κ1) is 16.2. The van der Waals surface area contributed by atoms with Gasteiger partial charge >= 0.3 is 0 Å². The number of hydrogen-bond acceptors (Lipinski definition) is 2. The standard InChI is InChI=1S/C16H22ClFN2O/c1-11(17)15-19-13-6-5-12(18)9-14(13)20(15)10-16(2,3)7-8-21-4/h5-6,9,11H,7-8,10H2,1-4H3. The van der Waals surface area contributed by atoms with Gasteiger partial charge in [-0.3, -0.25) is 0 Å². The van der Waals surface area contributed by atoms with Crippen molar-refractivity contribution in [3.8, 4) is 0 Å². The first-order valence-electron chi connectivity index (χ1n) is 7.13. The molecule has 1 aromatic heterocycles. The molecule has 0 N–H and O–H groups in total. The molecule has 0 saturated carbocycles. The van der Waals surface area contributed by atoms with E-state index in [1.807, 2.05) is 11.5 Å². The third-order valence-corrected chi connectivity index (χ3v) is 3.86. The fourth-order valence-corrected chi connectivity index (χ4v) is 2.64. The molecule has 0 bridgehead atoms. The van der Waals surface area contributed by atoms with Crippen LogP contribution in [0.5, 0.6) is 0 Å². The van der Waals surface area contributed by atoms with Gasteiger partial charge in [0, 0.05) is 20.3 Å². The van der Waals surface area contributed by atoms with Crippen molar-refractivity contribution in [1.29, 1.82) is 0 Å². The summed E-state index contributed by atoms with van der Waals surface area (Å²) in [4.78, 5) is 4.55. The van der Waals surface area contributed by atoms with Crippen LogP contribution >= 0.6 is 11.6 Å². The van der Waals surface area contributed by atoms with E-state index < -0.39 is 0 Å². The van der Waals surface area contributed by atoms with Crippen LogP contribution in [0.2, 0.25) is 0 Å². The summed E-state index contributed by atoms with van der Waals surface area (Å²) in [6, 6.07) is 4.65. The molecule has 0 spiro atoms. The Labute approximate surface area is 130 Å². The summed E-state index contributed by atoms with van der Waals surface area (Å²) < 4.78 is 20.8. The number of hydrogen-bond donors (Lipinski definition) is 0. The van der Waals surface area contributed by atoms with Gasteiger partial charge < -0.3 is 9.30 Å². The van der Waals surface area contributed by atoms with Crippen LogP contribution in [0.3, 0.4) is 0 Å². The number of rotatable bonds is 6. The van der Waals surface area contributed by atoms with Crippen LogP contribution in [-0.4, -0.2) is 23.3 Å². The zero-order valence-electron chi connectivity index (χ0n) is 13.0. The molecule has 5 heteroatoms. The summed E-state index contributed by atoms with van der Waals surface area (Å²) in [6.45, 7) is 7.64. The van der Waals surface area contributed by atoms with E-state index in [0.717, 1.165) is 29.8 Å². The molecule has 21 heavy (non-hydrogen) atoms. The highest BCUT2D eigenvalue weighted by Crippen LogP contribution is 2.30. The Morgan fingerprint density at radius 1 is 1.43 bits per heavy atom. The second-order valence-electron chi connectivity index (χ2n) is 6.21. The largest absolute Gasteiger partial charge is 0.385 e. The minimum atomic E-state index is -0.257. The number of alkyl halides is 1. The molecule has 1 aromatic carbocycles. The Kier molecular flexibility index (Phi) is 4.89. The lowest BCUT2D eigenvalue weighted by atomic mass is 9.89. The Bertz CT molecular complexity index is 622. The van der Waals surface area contributed by atoms with Crippen LogP contribution in [0.1, 0.15) is 38.4 Å². The van der Waals surface area contributed by atoms with Gasteiger partial charge in [0.05, 0.1) is 16.4 Å². The Hall–Kier alpha value is -1.13. The number of halogens is 2. The molecule has 1 heterocycles. The maximum Gasteiger partial charge on any atom is 0.127 e. The lowest BCUT2D eigenvalue weighted by Crippen LogP contribution is -2.23. The molecular weight excluding hydrogens is 291 g/mol. The van der Waals surface area contributed by atoms with Gasteiger partial charge in [-0.05, 0) is 37.0 Å². The first-order chi connectivity index (χ1) is 9.84. The number of methoxy groups -OCH3 is 1. The van der Waals surface area contributed by atoms with Gasteiger partial charge in [-0.1, -0.05) is 13.8 Å². The predicted octanol–water partition coefficient (Wildman–Crippen LogP) is 4.54. The summed E-state index contributed by atoms with van der Waals surface area (Å²) in [5.74, 6) is 0.523. The fourth-order valence-electron chi connectivity index (χ4n) is 2.47. The van der Waals surface area contributed by atoms with Crippen molar-refractivity contribution in [3.63, 3.8) is 0 Å². The van der Waals surface area contributed by atoms with Crippen molar-refractivity contribution in [1.82, 2.24) is 9.55 Å². The van der Waals surface area contributed by atoms with Gasteiger partial charge in [0.15, 0.2) is 0 Å². The van der Waals surface area contributed by atoms with Crippen molar-refractivity contribution < 1.29 is 9.13 Å². The zero-order valence-corrected chi connectivity index (χ0v) is 13.7. The van der Waals surface area contributed by atoms with Crippen molar-refractivity contribution >= 4 is 22.6 Å². The zero-order chi connectivity index (χ0) is 15.6. The summed E-state index contributed by atoms with van der Waals surface area (Å²) in [5.41, 5.74) is 1.58. The molecule has 2 rings (SSSR count). The summed E-state index contributed by atoms with van der Waals surface area (Å²) in [7, 11) is 1.70. The minimum Gasteiger partial charge on any atom is -0.385 e. The van der Waals surface area contributed by atoms with Crippen molar-refractivity contribution in [3.05, 3.63) is 29.8 Å². The Morgan fingerprint density at radius 2 is 2.14 bits per heavy atom. The summed E-state index contributed by atoms with van der Waals surface area (Å²) in [6.07, 6.45) is 0.911. The molecule has 3 nitrogen and oxygen atoms in total. The smallest absolute Gasteiger partial charge is 0.127 e. The molecule has 0 aliphatic heterocycles. The van der Waals surface area contributed by atoms with Crippen molar-refractivity contribution in [2.45, 2.75) is 39.1 Å². The second-order valence-corrected chi connectivity index (χ2v) is 6.87. The lowest BCUT2D eigenvalue weighted by molar-refractivity contribution is 0.142. The van der Waals surface area contributed by atoms with E-state index in [1.165, 1.54) is 12.1 Å². The maximum atomic E-state index is 13.6. The maximum absolute atomic E-state index is 13.6. The molecule has 1 unspecified atom stereocenters. The van der Waals surface area contributed by atoms with E-state index >= 15 is 0 Å². The Morgan fingerprint density at radius 3 is 2.76 bits per heavy atom. The molecule has 1 atom stereocenters. The minimum absolute atomic E-state index is 0.0104. The summed E-state index contributed by atoms with van der Waals surface area (Å²) >= 11 is 6.25. The van der Waals surface area contributed by atoms with Crippen molar-refractivity contribution in [2.75, 3.05) is 13.7 Å². The van der Waals surface area contributed by atoms with Gasteiger partial charge in [0.2, 0.25) is 0 Å². The SMILES string of the molecule is COCCC(C)(C)Cn1c(C(C)Cl)nc2ccc(F)cc21. The highest BCUT2D eigenvalue weighted by Gasteiger charge is 2.23. The second kappa shape index (κ2) is 6.32. The van der Waals surface area contributed by atoms with Crippen LogP contribution in [-0.2, 0) is 11.3 Å². The van der Waals surface area contributed by atoms with Gasteiger partial charge in [0.1, 0.15) is 11.6 Å². The highest BCUT2D eigenvalue weighted by molar-refractivity contribution is 6.20. The van der Waals surface area contributed by atoms with Gasteiger partial charge in [-0.2, -0.15) is 0 Å². The number of ether oxygens (including phenoxy) is 1. The highest BCUT2D eigenvalue weighted by atomic mass is 35.5. The molecule has 0 fully saturated rings. The average Bonchev–Trinajstić information content (AvgIpc) is 2.74. The first-order valence-corrected chi connectivity index (χ1v) is 7.56. The summed E-state index contributed by atoms with van der Waals surface area (Å²) in [5, 5.41) is -0.223. The molecule has 2 aromatic rings. The Balaban J connectivity index is 2.44. The fraction of sp³-hybridized carbons (Fsp3) is 0.562. The van der Waals surface area contributed by atoms with Gasteiger partial charge in [0.25, 0.3) is 0 Å². The van der Waals surface area contributed by atoms with Crippen LogP contribution in [0.25, 0.3) is 11.0 Å². The van der Waals surface area contributed by atoms with Crippen LogP contribution in [0, 0.1) is 11.2 Å². The quantitative estimate of drug-likeness (QED) is 0.732. The molecule has 0 saturated heterocycles. The van der Waals surface area contributed by atoms with Crippen LogP contribution < -0.4 is 0 Å². The van der Waals surface area contributed by atoms with E-state index in [4.69, 9.17) is 16.3 Å². The average molecular weight is 313 g/mol. The molecule has 0 aliphatic carbocycles. The van der Waals surface area contributed by atoms with E-state index in [-0.39, 0.29) is 16.6 Å². The van der Waals surface area contributed by atoms with E-state index in [2.05, 4.69) is 18.8 Å². The van der Waals surface area contributed by atoms with Gasteiger partial charge in [-0.25, -0.2) is 9.37 Å². The normalized spacial score (nSPS) is 13.8. The molecule has 0 radical (unpaired) electrons. The van der Waals surface area contributed by atoms with Gasteiger partial charge in [-0.15, -0.1) is 11.6 Å². The van der Waals surface area contributed by atoms with E-state index in [1.54, 1.807) is 13.2 Å². The third kappa shape index (κ3) is 3.74. The number of aromatic nitrogens is 2. The predicted molar refractivity (Wildman–Crippen MR) is 84.2 cm³/mol. The molecule has 0 aliphatic rings. The van der Waals surface area contributed by atoms with Crippen LogP contribution in [0.4, 0.5) is 4.39 Å².